The van der Waals surface area contributed by atoms with E-state index in [4.69, 9.17) is 18.9 Å². The SMILES string of the molecule is COc1ccc2cc(/C(O)=C3\C(=O)C(=O)N(CCCN(C)C)C3c3cc(OC)c(OC)c(OC)c3)ccc2c1. The van der Waals surface area contributed by atoms with E-state index < -0.39 is 17.7 Å². The molecule has 206 valence electrons. The van der Waals surface area contributed by atoms with Gasteiger partial charge < -0.3 is 33.9 Å². The molecule has 39 heavy (non-hydrogen) atoms. The number of nitrogens with zero attached hydrogens (tertiary/aromatic N) is 2. The monoisotopic (exact) mass is 534 g/mol. The van der Waals surface area contributed by atoms with Crippen LogP contribution in [0, 0.1) is 0 Å². The molecule has 3 aromatic carbocycles. The van der Waals surface area contributed by atoms with E-state index in [1.807, 2.05) is 43.3 Å². The minimum atomic E-state index is -0.854. The van der Waals surface area contributed by atoms with E-state index in [1.54, 1.807) is 31.4 Å². The van der Waals surface area contributed by atoms with Gasteiger partial charge in [0.15, 0.2) is 11.5 Å². The average Bonchev–Trinajstić information content (AvgIpc) is 3.20. The molecule has 1 saturated heterocycles. The highest BCUT2D eigenvalue weighted by atomic mass is 16.5. The lowest BCUT2D eigenvalue weighted by molar-refractivity contribution is -0.139. The average molecular weight is 535 g/mol. The van der Waals surface area contributed by atoms with Crippen molar-refractivity contribution >= 4 is 28.2 Å². The fourth-order valence-electron chi connectivity index (χ4n) is 4.93. The lowest BCUT2D eigenvalue weighted by Gasteiger charge is -2.27. The van der Waals surface area contributed by atoms with Crippen LogP contribution >= 0.6 is 0 Å². The Balaban J connectivity index is 1.89. The Kier molecular flexibility index (Phi) is 8.30. The van der Waals surface area contributed by atoms with Gasteiger partial charge in [-0.2, -0.15) is 0 Å². The van der Waals surface area contributed by atoms with E-state index in [0.29, 0.717) is 47.1 Å². The van der Waals surface area contributed by atoms with Crippen LogP contribution in [0.4, 0.5) is 0 Å². The lowest BCUT2D eigenvalue weighted by atomic mass is 9.94. The molecule has 1 atom stereocenters. The number of rotatable bonds is 10. The van der Waals surface area contributed by atoms with Crippen molar-refractivity contribution in [2.45, 2.75) is 12.5 Å². The topological polar surface area (TPSA) is 97.8 Å². The van der Waals surface area contributed by atoms with E-state index in [9.17, 15) is 14.7 Å². The standard InChI is InChI=1S/C30H34N2O7/c1-31(2)12-7-13-32-26(21-16-23(37-4)29(39-6)24(17-21)38-5)25(28(34)30(32)35)27(33)20-9-8-19-15-22(36-3)11-10-18(19)14-20/h8-11,14-17,26,33H,7,12-13H2,1-6H3/b27-25+. The summed E-state index contributed by atoms with van der Waals surface area (Å²) in [5.41, 5.74) is 0.990. The number of aliphatic hydroxyl groups excluding tert-OH is 1. The Morgan fingerprint density at radius 2 is 1.51 bits per heavy atom. The van der Waals surface area contributed by atoms with E-state index in [2.05, 4.69) is 0 Å². The third-order valence-electron chi connectivity index (χ3n) is 6.87. The Labute approximate surface area is 228 Å². The first-order valence-corrected chi connectivity index (χ1v) is 12.5. The zero-order valence-electron chi connectivity index (χ0n) is 23.1. The Bertz CT molecular complexity index is 1410. The van der Waals surface area contributed by atoms with Crippen molar-refractivity contribution in [3.8, 4) is 23.0 Å². The third kappa shape index (κ3) is 5.35. The molecule has 1 aliphatic rings. The fourth-order valence-corrected chi connectivity index (χ4v) is 4.93. The van der Waals surface area contributed by atoms with Gasteiger partial charge in [-0.1, -0.05) is 18.2 Å². The van der Waals surface area contributed by atoms with Crippen molar-refractivity contribution in [2.75, 3.05) is 55.6 Å². The number of carbonyl (C=O) groups is 2. The van der Waals surface area contributed by atoms with Crippen molar-refractivity contribution in [1.29, 1.82) is 0 Å². The highest BCUT2D eigenvalue weighted by Gasteiger charge is 2.46. The maximum Gasteiger partial charge on any atom is 0.295 e. The molecule has 1 unspecified atom stereocenters. The summed E-state index contributed by atoms with van der Waals surface area (Å²) in [5, 5.41) is 13.3. The van der Waals surface area contributed by atoms with Crippen LogP contribution in [0.2, 0.25) is 0 Å². The second kappa shape index (κ2) is 11.7. The molecule has 1 aliphatic heterocycles. The molecule has 3 aromatic rings. The maximum atomic E-state index is 13.5. The molecule has 1 fully saturated rings. The van der Waals surface area contributed by atoms with Gasteiger partial charge in [0.1, 0.15) is 11.5 Å². The van der Waals surface area contributed by atoms with E-state index in [-0.39, 0.29) is 11.3 Å². The minimum absolute atomic E-state index is 0.00647. The molecule has 0 radical (unpaired) electrons. The highest BCUT2D eigenvalue weighted by molar-refractivity contribution is 6.46. The summed E-state index contributed by atoms with van der Waals surface area (Å²) in [4.78, 5) is 30.3. The fraction of sp³-hybridized carbons (Fsp3) is 0.333. The minimum Gasteiger partial charge on any atom is -0.507 e. The Morgan fingerprint density at radius 3 is 2.10 bits per heavy atom. The van der Waals surface area contributed by atoms with Crippen LogP contribution in [0.1, 0.15) is 23.6 Å². The van der Waals surface area contributed by atoms with Crippen LogP contribution in [0.25, 0.3) is 16.5 Å². The normalized spacial score (nSPS) is 16.7. The molecular formula is C30H34N2O7. The molecule has 1 heterocycles. The van der Waals surface area contributed by atoms with Gasteiger partial charge in [-0.3, -0.25) is 9.59 Å². The van der Waals surface area contributed by atoms with Gasteiger partial charge in [-0.25, -0.2) is 0 Å². The van der Waals surface area contributed by atoms with Crippen molar-refractivity contribution in [1.82, 2.24) is 9.80 Å². The van der Waals surface area contributed by atoms with E-state index in [0.717, 1.165) is 17.3 Å². The number of benzene rings is 3. The number of ketones is 1. The molecule has 0 aromatic heterocycles. The molecule has 1 N–H and O–H groups in total. The number of hydrogen-bond donors (Lipinski definition) is 1. The van der Waals surface area contributed by atoms with Crippen LogP contribution < -0.4 is 18.9 Å². The van der Waals surface area contributed by atoms with Crippen molar-refractivity contribution in [2.24, 2.45) is 0 Å². The number of fused-ring (bicyclic) bond motifs is 1. The Morgan fingerprint density at radius 1 is 0.872 bits per heavy atom. The number of aliphatic hydroxyl groups is 1. The largest absolute Gasteiger partial charge is 0.507 e. The first kappa shape index (κ1) is 27.8. The first-order chi connectivity index (χ1) is 18.7. The summed E-state index contributed by atoms with van der Waals surface area (Å²) in [6, 6.07) is 13.5. The highest BCUT2D eigenvalue weighted by Crippen LogP contribution is 2.46. The number of likely N-dealkylation sites (tertiary alicyclic amines) is 1. The summed E-state index contributed by atoms with van der Waals surface area (Å²) in [5.74, 6) is 0.199. The molecular weight excluding hydrogens is 500 g/mol. The number of amides is 1. The lowest BCUT2D eigenvalue weighted by Crippen LogP contribution is -2.32. The number of ether oxygens (including phenoxy) is 4. The molecule has 9 nitrogen and oxygen atoms in total. The van der Waals surface area contributed by atoms with Gasteiger partial charge in [0.2, 0.25) is 5.75 Å². The third-order valence-corrected chi connectivity index (χ3v) is 6.87. The van der Waals surface area contributed by atoms with Gasteiger partial charge in [-0.15, -0.1) is 0 Å². The second-order valence-corrected chi connectivity index (χ2v) is 9.54. The summed E-state index contributed by atoms with van der Waals surface area (Å²) in [7, 11) is 9.99. The first-order valence-electron chi connectivity index (χ1n) is 12.5. The van der Waals surface area contributed by atoms with Gasteiger partial charge in [-0.05, 0) is 73.7 Å². The smallest absolute Gasteiger partial charge is 0.295 e. The summed E-state index contributed by atoms with van der Waals surface area (Å²) >= 11 is 0. The van der Waals surface area contributed by atoms with Crippen LogP contribution in [0.15, 0.2) is 54.1 Å². The predicted octanol–water partition coefficient (Wildman–Crippen LogP) is 4.25. The quantitative estimate of drug-likeness (QED) is 0.234. The molecule has 0 aliphatic carbocycles. The molecule has 4 rings (SSSR count). The zero-order valence-corrected chi connectivity index (χ0v) is 23.1. The summed E-state index contributed by atoms with van der Waals surface area (Å²) < 4.78 is 21.8. The number of hydrogen-bond acceptors (Lipinski definition) is 8. The van der Waals surface area contributed by atoms with Crippen LogP contribution in [-0.4, -0.2) is 82.2 Å². The van der Waals surface area contributed by atoms with E-state index >= 15 is 0 Å². The molecule has 0 spiro atoms. The van der Waals surface area contributed by atoms with Crippen LogP contribution in [-0.2, 0) is 9.59 Å². The zero-order chi connectivity index (χ0) is 28.3. The van der Waals surface area contributed by atoms with Crippen LogP contribution in [0.3, 0.4) is 0 Å². The van der Waals surface area contributed by atoms with Crippen LogP contribution in [0.5, 0.6) is 23.0 Å². The molecule has 0 saturated carbocycles. The molecule has 9 heteroatoms. The maximum absolute atomic E-state index is 13.5. The van der Waals surface area contributed by atoms with Crippen molar-refractivity contribution < 1.29 is 33.6 Å². The van der Waals surface area contributed by atoms with E-state index in [1.165, 1.54) is 26.2 Å². The number of methoxy groups -OCH3 is 4. The number of carbonyl (C=O) groups excluding carboxylic acids is 2. The predicted molar refractivity (Wildman–Crippen MR) is 149 cm³/mol. The van der Waals surface area contributed by atoms with Gasteiger partial charge in [0.25, 0.3) is 11.7 Å². The second-order valence-electron chi connectivity index (χ2n) is 9.54. The number of Topliss-reactive ketones (excluding diaryl/α,β-unsaturated/α-hetero) is 1. The molecule has 0 bridgehead atoms. The molecule has 1 amide bonds. The summed E-state index contributed by atoms with van der Waals surface area (Å²) in [6.45, 7) is 1.04. The Hall–Kier alpha value is -4.24. The van der Waals surface area contributed by atoms with Gasteiger partial charge in [0, 0.05) is 12.1 Å². The summed E-state index contributed by atoms with van der Waals surface area (Å²) in [6.07, 6.45) is 0.638. The van der Waals surface area contributed by atoms with Crippen molar-refractivity contribution in [3.05, 3.63) is 65.2 Å². The van der Waals surface area contributed by atoms with Crippen molar-refractivity contribution in [3.63, 3.8) is 0 Å². The van der Waals surface area contributed by atoms with Gasteiger partial charge >= 0.3 is 0 Å². The van der Waals surface area contributed by atoms with Gasteiger partial charge in [0.05, 0.1) is 40.1 Å².